The molecule has 4 atom stereocenters. The third-order valence-electron chi connectivity index (χ3n) is 6.43. The first-order valence-electron chi connectivity index (χ1n) is 10.8. The minimum Gasteiger partial charge on any atom is -0.311 e. The Balaban J connectivity index is 1.47. The highest BCUT2D eigenvalue weighted by Crippen LogP contribution is 2.20. The van der Waals surface area contributed by atoms with Crippen LogP contribution in [0.15, 0.2) is 18.2 Å². The molecule has 0 saturated heterocycles. The van der Waals surface area contributed by atoms with Gasteiger partial charge in [0, 0.05) is 50.3 Å². The number of fused-ring (bicyclic) bond motifs is 4. The maximum atomic E-state index is 4.89. The monoisotopic (exact) mass is 357 g/mol. The van der Waals surface area contributed by atoms with Crippen LogP contribution in [-0.2, 0) is 13.1 Å². The molecule has 2 heterocycles. The highest BCUT2D eigenvalue weighted by Gasteiger charge is 2.26. The van der Waals surface area contributed by atoms with E-state index in [1.165, 1.54) is 62.8 Å². The van der Waals surface area contributed by atoms with Crippen LogP contribution in [0.1, 0.15) is 62.8 Å². The third-order valence-corrected chi connectivity index (χ3v) is 6.43. The van der Waals surface area contributed by atoms with Crippen molar-refractivity contribution in [3.8, 4) is 0 Å². The van der Waals surface area contributed by atoms with Crippen molar-refractivity contribution < 1.29 is 0 Å². The molecule has 0 aromatic carbocycles. The molecule has 0 amide bonds. The second kappa shape index (κ2) is 9.27. The molecule has 1 aliphatic heterocycles. The number of rotatable bonds is 0. The lowest BCUT2D eigenvalue weighted by atomic mass is 9.89. The smallest absolute Gasteiger partial charge is 0.0545 e. The van der Waals surface area contributed by atoms with Crippen LogP contribution in [0.4, 0.5) is 0 Å². The van der Waals surface area contributed by atoms with Gasteiger partial charge in [-0.2, -0.15) is 0 Å². The summed E-state index contributed by atoms with van der Waals surface area (Å²) in [5.41, 5.74) is 2.34. The Kier molecular flexibility index (Phi) is 6.54. The Morgan fingerprint density at radius 2 is 1.04 bits per heavy atom. The molecule has 2 bridgehead atoms. The van der Waals surface area contributed by atoms with Crippen LogP contribution in [-0.4, -0.2) is 42.2 Å². The van der Waals surface area contributed by atoms with Crippen molar-refractivity contribution in [2.24, 2.45) is 0 Å². The molecule has 3 aliphatic rings. The zero-order valence-corrected chi connectivity index (χ0v) is 16.0. The fraction of sp³-hybridized carbons (Fsp3) is 0.762. The Morgan fingerprint density at radius 3 is 1.50 bits per heavy atom. The van der Waals surface area contributed by atoms with Crippen LogP contribution in [0.25, 0.3) is 0 Å². The molecular weight excluding hydrogens is 322 g/mol. The molecular formula is C21H35N5. The van der Waals surface area contributed by atoms with E-state index in [0.717, 1.165) is 26.2 Å². The van der Waals surface area contributed by atoms with Gasteiger partial charge in [-0.1, -0.05) is 31.7 Å². The van der Waals surface area contributed by atoms with Gasteiger partial charge in [0.05, 0.1) is 11.4 Å². The Bertz CT molecular complexity index is 518. The summed E-state index contributed by atoms with van der Waals surface area (Å²) in [6.45, 7) is 3.89. The van der Waals surface area contributed by atoms with E-state index < -0.39 is 0 Å². The Hall–Kier alpha value is -1.01. The molecule has 2 aliphatic carbocycles. The van der Waals surface area contributed by atoms with Gasteiger partial charge in [0.25, 0.3) is 0 Å². The van der Waals surface area contributed by atoms with E-state index in [1.807, 2.05) is 0 Å². The minimum absolute atomic E-state index is 0.569. The number of pyridine rings is 1. The van der Waals surface area contributed by atoms with Crippen LogP contribution in [0.2, 0.25) is 0 Å². The fourth-order valence-corrected chi connectivity index (χ4v) is 4.95. The lowest BCUT2D eigenvalue weighted by Gasteiger charge is -2.34. The Labute approximate surface area is 158 Å². The largest absolute Gasteiger partial charge is 0.311 e. The van der Waals surface area contributed by atoms with E-state index in [0.29, 0.717) is 24.2 Å². The van der Waals surface area contributed by atoms with Gasteiger partial charge in [-0.15, -0.1) is 0 Å². The first kappa shape index (κ1) is 18.4. The van der Waals surface area contributed by atoms with Crippen molar-refractivity contribution in [1.82, 2.24) is 26.3 Å². The average Bonchev–Trinajstić information content (AvgIpc) is 2.69. The summed E-state index contributed by atoms with van der Waals surface area (Å²) in [6.07, 6.45) is 10.5. The highest BCUT2D eigenvalue weighted by molar-refractivity contribution is 5.12. The lowest BCUT2D eigenvalue weighted by molar-refractivity contribution is 0.266. The fourth-order valence-electron chi connectivity index (χ4n) is 4.95. The van der Waals surface area contributed by atoms with Crippen molar-refractivity contribution in [2.45, 2.75) is 88.6 Å². The average molecular weight is 358 g/mol. The van der Waals surface area contributed by atoms with Gasteiger partial charge in [0.2, 0.25) is 0 Å². The van der Waals surface area contributed by atoms with Gasteiger partial charge >= 0.3 is 0 Å². The summed E-state index contributed by atoms with van der Waals surface area (Å²) in [5, 5.41) is 15.2. The van der Waals surface area contributed by atoms with Crippen LogP contribution in [0.5, 0.6) is 0 Å². The van der Waals surface area contributed by atoms with Crippen molar-refractivity contribution in [3.63, 3.8) is 0 Å². The number of nitrogens with zero attached hydrogens (tertiary/aromatic N) is 1. The number of aromatic nitrogens is 1. The minimum atomic E-state index is 0.569. The van der Waals surface area contributed by atoms with Crippen LogP contribution in [0, 0.1) is 0 Å². The third kappa shape index (κ3) is 4.83. The van der Waals surface area contributed by atoms with Crippen molar-refractivity contribution in [2.75, 3.05) is 13.1 Å². The van der Waals surface area contributed by atoms with Gasteiger partial charge in [0.15, 0.2) is 0 Å². The van der Waals surface area contributed by atoms with E-state index in [4.69, 9.17) is 4.98 Å². The number of hydrogen-bond donors (Lipinski definition) is 4. The first-order valence-corrected chi connectivity index (χ1v) is 10.8. The van der Waals surface area contributed by atoms with Gasteiger partial charge in [-0.25, -0.2) is 0 Å². The van der Waals surface area contributed by atoms with E-state index in [9.17, 15) is 0 Å². The number of nitrogens with one attached hydrogen (secondary N) is 4. The second-order valence-electron chi connectivity index (χ2n) is 8.29. The molecule has 5 heteroatoms. The molecule has 4 N–H and O–H groups in total. The molecule has 2 unspecified atom stereocenters. The predicted molar refractivity (Wildman–Crippen MR) is 106 cm³/mol. The molecule has 144 valence electrons. The molecule has 1 aromatic heterocycles. The first-order chi connectivity index (χ1) is 12.9. The van der Waals surface area contributed by atoms with E-state index in [1.54, 1.807) is 0 Å². The second-order valence-corrected chi connectivity index (χ2v) is 8.29. The standard InChI is InChI=1S/C21H35N5/c1-3-10-20-18(8-1)22-12-13-23-19-9-2-4-11-21(19)25-15-17-7-5-6-16(26-17)14-24-20/h5-7,18-25H,1-4,8-15H2/t18?,19?,20-,21+. The van der Waals surface area contributed by atoms with Crippen LogP contribution >= 0.6 is 0 Å². The van der Waals surface area contributed by atoms with Gasteiger partial charge in [-0.3, -0.25) is 4.98 Å². The highest BCUT2D eigenvalue weighted by atomic mass is 15.1. The molecule has 2 saturated carbocycles. The van der Waals surface area contributed by atoms with Crippen LogP contribution < -0.4 is 21.3 Å². The van der Waals surface area contributed by atoms with Crippen LogP contribution in [0.3, 0.4) is 0 Å². The van der Waals surface area contributed by atoms with Gasteiger partial charge in [0.1, 0.15) is 0 Å². The van der Waals surface area contributed by atoms with Gasteiger partial charge in [-0.05, 0) is 37.8 Å². The molecule has 1 aromatic rings. The maximum absolute atomic E-state index is 4.89. The van der Waals surface area contributed by atoms with E-state index in [-0.39, 0.29) is 0 Å². The van der Waals surface area contributed by atoms with Crippen molar-refractivity contribution in [3.05, 3.63) is 29.6 Å². The lowest BCUT2D eigenvalue weighted by Crippen LogP contribution is -2.53. The zero-order valence-electron chi connectivity index (χ0n) is 16.0. The van der Waals surface area contributed by atoms with E-state index >= 15 is 0 Å². The summed E-state index contributed by atoms with van der Waals surface area (Å²) in [5.74, 6) is 0. The molecule has 4 rings (SSSR count). The van der Waals surface area contributed by atoms with Crippen molar-refractivity contribution >= 4 is 0 Å². The van der Waals surface area contributed by atoms with E-state index in [2.05, 4.69) is 39.5 Å². The summed E-state index contributed by atoms with van der Waals surface area (Å²) in [4.78, 5) is 4.89. The molecule has 5 nitrogen and oxygen atoms in total. The quantitative estimate of drug-likeness (QED) is 0.573. The molecule has 26 heavy (non-hydrogen) atoms. The zero-order chi connectivity index (χ0) is 17.6. The van der Waals surface area contributed by atoms with Crippen molar-refractivity contribution in [1.29, 1.82) is 0 Å². The SMILES string of the molecule is c1cc2nc(c1)CN[C@@H]1CCCCC1NCCNC1CCCC[C@@H]1NC2. The Morgan fingerprint density at radius 1 is 0.615 bits per heavy atom. The summed E-state index contributed by atoms with van der Waals surface area (Å²) < 4.78 is 0. The maximum Gasteiger partial charge on any atom is 0.0545 e. The normalized spacial score (nSPS) is 34.0. The predicted octanol–water partition coefficient (Wildman–Crippen LogP) is 2.08. The summed E-state index contributed by atoms with van der Waals surface area (Å²) >= 11 is 0. The van der Waals surface area contributed by atoms with Gasteiger partial charge < -0.3 is 21.3 Å². The summed E-state index contributed by atoms with van der Waals surface area (Å²) in [7, 11) is 0. The molecule has 0 radical (unpaired) electrons. The molecule has 2 fully saturated rings. The topological polar surface area (TPSA) is 61.0 Å². The number of hydrogen-bond acceptors (Lipinski definition) is 5. The summed E-state index contributed by atoms with van der Waals surface area (Å²) in [6, 6.07) is 8.81. The molecule has 0 spiro atoms.